The predicted molar refractivity (Wildman–Crippen MR) is 80.3 cm³/mol. The van der Waals surface area contributed by atoms with E-state index >= 15 is 0 Å². The number of hydrogen-bond donors (Lipinski definition) is 0. The topological polar surface area (TPSA) is 93.0 Å². The Morgan fingerprint density at radius 3 is 2.43 bits per heavy atom. The average molecular weight is 343 g/mol. The Labute approximate surface area is 135 Å². The number of piperazine rings is 1. The van der Waals surface area contributed by atoms with E-state index < -0.39 is 10.0 Å². The lowest BCUT2D eigenvalue weighted by molar-refractivity contribution is -0.142. The normalized spacial score (nSPS) is 23.4. The van der Waals surface area contributed by atoms with Crippen LogP contribution in [0.4, 0.5) is 0 Å². The Kier molecular flexibility index (Phi) is 4.43. The SMILES string of the molecule is Cc1noc(C)c1S(=O)(=O)N1CCN(C(=O)[C@H]2CCCO2)CC1. The van der Waals surface area contributed by atoms with Gasteiger partial charge in [0.25, 0.3) is 5.91 Å². The molecular formula is C14H21N3O5S. The molecule has 0 saturated carbocycles. The molecule has 2 saturated heterocycles. The first-order valence-corrected chi connectivity index (χ1v) is 9.18. The van der Waals surface area contributed by atoms with E-state index in [0.717, 1.165) is 12.8 Å². The quantitative estimate of drug-likeness (QED) is 0.784. The number of sulfonamides is 1. The number of hydrogen-bond acceptors (Lipinski definition) is 6. The van der Waals surface area contributed by atoms with Gasteiger partial charge in [-0.05, 0) is 26.7 Å². The lowest BCUT2D eigenvalue weighted by Gasteiger charge is -2.34. The van der Waals surface area contributed by atoms with Crippen LogP contribution in [0.25, 0.3) is 0 Å². The molecule has 0 radical (unpaired) electrons. The van der Waals surface area contributed by atoms with E-state index in [9.17, 15) is 13.2 Å². The van der Waals surface area contributed by atoms with Crippen molar-refractivity contribution in [1.82, 2.24) is 14.4 Å². The summed E-state index contributed by atoms with van der Waals surface area (Å²) < 4.78 is 37.2. The Morgan fingerprint density at radius 2 is 1.91 bits per heavy atom. The number of ether oxygens (including phenoxy) is 1. The van der Waals surface area contributed by atoms with Crippen molar-refractivity contribution < 1.29 is 22.5 Å². The van der Waals surface area contributed by atoms with Gasteiger partial charge in [-0.15, -0.1) is 0 Å². The molecule has 0 aliphatic carbocycles. The second-order valence-electron chi connectivity index (χ2n) is 5.88. The van der Waals surface area contributed by atoms with E-state index in [2.05, 4.69) is 5.16 Å². The highest BCUT2D eigenvalue weighted by Crippen LogP contribution is 2.24. The fraction of sp³-hybridized carbons (Fsp3) is 0.714. The van der Waals surface area contributed by atoms with Crippen molar-refractivity contribution in [3.05, 3.63) is 11.5 Å². The summed E-state index contributed by atoms with van der Waals surface area (Å²) in [6.07, 6.45) is 1.29. The summed E-state index contributed by atoms with van der Waals surface area (Å²) in [5, 5.41) is 3.71. The molecular weight excluding hydrogens is 322 g/mol. The third kappa shape index (κ3) is 3.00. The summed E-state index contributed by atoms with van der Waals surface area (Å²) in [4.78, 5) is 14.1. The zero-order valence-electron chi connectivity index (χ0n) is 13.3. The van der Waals surface area contributed by atoms with Crippen LogP contribution in [0.2, 0.25) is 0 Å². The first-order chi connectivity index (χ1) is 10.9. The number of rotatable bonds is 3. The van der Waals surface area contributed by atoms with Gasteiger partial charge in [0.1, 0.15) is 16.7 Å². The van der Waals surface area contributed by atoms with Crippen LogP contribution in [0.3, 0.4) is 0 Å². The molecule has 1 amide bonds. The van der Waals surface area contributed by atoms with E-state index in [0.29, 0.717) is 31.2 Å². The van der Waals surface area contributed by atoms with E-state index in [4.69, 9.17) is 9.26 Å². The van der Waals surface area contributed by atoms with Gasteiger partial charge in [0.05, 0.1) is 0 Å². The highest BCUT2D eigenvalue weighted by Gasteiger charge is 2.36. The second kappa shape index (κ2) is 6.21. The average Bonchev–Trinajstić information content (AvgIpc) is 3.17. The van der Waals surface area contributed by atoms with Crippen molar-refractivity contribution in [1.29, 1.82) is 0 Å². The minimum Gasteiger partial charge on any atom is -0.368 e. The number of aryl methyl sites for hydroxylation is 2. The molecule has 0 N–H and O–H groups in total. The third-order valence-corrected chi connectivity index (χ3v) is 6.46. The highest BCUT2D eigenvalue weighted by molar-refractivity contribution is 7.89. The Hall–Kier alpha value is -1.45. The zero-order valence-corrected chi connectivity index (χ0v) is 14.1. The number of amides is 1. The van der Waals surface area contributed by atoms with Gasteiger partial charge in [0, 0.05) is 32.8 Å². The summed E-state index contributed by atoms with van der Waals surface area (Å²) in [6, 6.07) is 0. The molecule has 1 aromatic heterocycles. The van der Waals surface area contributed by atoms with Crippen LogP contribution in [0.5, 0.6) is 0 Å². The third-order valence-electron chi connectivity index (χ3n) is 4.32. The van der Waals surface area contributed by atoms with Crippen molar-refractivity contribution in [3.8, 4) is 0 Å². The Balaban J connectivity index is 1.68. The van der Waals surface area contributed by atoms with Crippen molar-refractivity contribution in [2.45, 2.75) is 37.7 Å². The van der Waals surface area contributed by atoms with Crippen molar-refractivity contribution in [2.75, 3.05) is 32.8 Å². The molecule has 128 valence electrons. The van der Waals surface area contributed by atoms with Crippen LogP contribution in [0.15, 0.2) is 9.42 Å². The lowest BCUT2D eigenvalue weighted by Crippen LogP contribution is -2.52. The number of carbonyl (C=O) groups excluding carboxylic acids is 1. The monoisotopic (exact) mass is 343 g/mol. The molecule has 2 aliphatic rings. The van der Waals surface area contributed by atoms with Crippen molar-refractivity contribution in [3.63, 3.8) is 0 Å². The zero-order chi connectivity index (χ0) is 16.6. The molecule has 1 aromatic rings. The van der Waals surface area contributed by atoms with E-state index in [1.165, 1.54) is 4.31 Å². The smallest absolute Gasteiger partial charge is 0.251 e. The minimum absolute atomic E-state index is 0.0307. The molecule has 0 aromatic carbocycles. The van der Waals surface area contributed by atoms with Crippen LogP contribution in [0, 0.1) is 13.8 Å². The second-order valence-corrected chi connectivity index (χ2v) is 7.76. The molecule has 8 nitrogen and oxygen atoms in total. The minimum atomic E-state index is -3.64. The maximum atomic E-state index is 12.7. The summed E-state index contributed by atoms with van der Waals surface area (Å²) in [5.41, 5.74) is 0.361. The van der Waals surface area contributed by atoms with Gasteiger partial charge >= 0.3 is 0 Å². The summed E-state index contributed by atoms with van der Waals surface area (Å²) in [5.74, 6) is 0.261. The van der Waals surface area contributed by atoms with Crippen LogP contribution in [-0.2, 0) is 19.6 Å². The van der Waals surface area contributed by atoms with Gasteiger partial charge in [0.15, 0.2) is 5.76 Å². The first-order valence-electron chi connectivity index (χ1n) is 7.74. The number of aromatic nitrogens is 1. The fourth-order valence-electron chi connectivity index (χ4n) is 3.10. The van der Waals surface area contributed by atoms with Crippen LogP contribution < -0.4 is 0 Å². The molecule has 9 heteroatoms. The molecule has 3 heterocycles. The van der Waals surface area contributed by atoms with Gasteiger partial charge in [0.2, 0.25) is 10.0 Å². The van der Waals surface area contributed by atoms with Gasteiger partial charge in [-0.3, -0.25) is 4.79 Å². The predicted octanol–water partition coefficient (Wildman–Crippen LogP) is 0.303. The van der Waals surface area contributed by atoms with E-state index in [1.807, 2.05) is 0 Å². The first kappa shape index (κ1) is 16.4. The Bertz CT molecular complexity index is 666. The fourth-order valence-corrected chi connectivity index (χ4v) is 4.81. The summed E-state index contributed by atoms with van der Waals surface area (Å²) >= 11 is 0. The maximum absolute atomic E-state index is 12.7. The summed E-state index contributed by atoms with van der Waals surface area (Å²) in [7, 11) is -3.64. The van der Waals surface area contributed by atoms with Crippen LogP contribution >= 0.6 is 0 Å². The van der Waals surface area contributed by atoms with Gasteiger partial charge in [-0.2, -0.15) is 4.31 Å². The lowest BCUT2D eigenvalue weighted by atomic mass is 10.2. The van der Waals surface area contributed by atoms with Crippen LogP contribution in [0.1, 0.15) is 24.3 Å². The molecule has 3 rings (SSSR count). The van der Waals surface area contributed by atoms with Gasteiger partial charge in [-0.1, -0.05) is 5.16 Å². The Morgan fingerprint density at radius 1 is 1.22 bits per heavy atom. The van der Waals surface area contributed by atoms with Crippen molar-refractivity contribution >= 4 is 15.9 Å². The number of nitrogens with zero attached hydrogens (tertiary/aromatic N) is 3. The maximum Gasteiger partial charge on any atom is 0.251 e. The largest absolute Gasteiger partial charge is 0.368 e. The molecule has 2 aliphatic heterocycles. The van der Waals surface area contributed by atoms with Gasteiger partial charge in [-0.25, -0.2) is 8.42 Å². The van der Waals surface area contributed by atoms with Crippen molar-refractivity contribution in [2.24, 2.45) is 0 Å². The van der Waals surface area contributed by atoms with Gasteiger partial charge < -0.3 is 14.2 Å². The van der Waals surface area contributed by atoms with E-state index in [1.54, 1.807) is 18.7 Å². The summed E-state index contributed by atoms with van der Waals surface area (Å²) in [6.45, 7) is 5.11. The number of carbonyl (C=O) groups is 1. The molecule has 0 spiro atoms. The molecule has 0 unspecified atom stereocenters. The molecule has 23 heavy (non-hydrogen) atoms. The van der Waals surface area contributed by atoms with Crippen LogP contribution in [-0.4, -0.2) is 67.6 Å². The van der Waals surface area contributed by atoms with E-state index in [-0.39, 0.29) is 30.0 Å². The standard InChI is InChI=1S/C14H21N3O5S/c1-10-13(11(2)22-15-10)23(19,20)17-7-5-16(6-8-17)14(18)12-4-3-9-21-12/h12H,3-9H2,1-2H3/t12-/m1/s1. The molecule has 2 fully saturated rings. The molecule has 0 bridgehead atoms. The molecule has 1 atom stereocenters. The highest BCUT2D eigenvalue weighted by atomic mass is 32.2.